The van der Waals surface area contributed by atoms with E-state index in [0.717, 1.165) is 28.8 Å². The van der Waals surface area contributed by atoms with Gasteiger partial charge in [-0.2, -0.15) is 0 Å². The second-order valence-electron chi connectivity index (χ2n) is 8.48. The Labute approximate surface area is 206 Å². The number of benzene rings is 2. The molecule has 1 aromatic heterocycles. The Balaban J connectivity index is 1.89. The molecule has 2 nitrogen and oxygen atoms in total. The van der Waals surface area contributed by atoms with Crippen LogP contribution < -0.4 is 0 Å². The van der Waals surface area contributed by atoms with Crippen LogP contribution in [-0.4, -0.2) is 11.1 Å². The molecule has 3 aromatic rings. The summed E-state index contributed by atoms with van der Waals surface area (Å²) in [5.41, 5.74) is 5.65. The van der Waals surface area contributed by atoms with Crippen LogP contribution in [0.2, 0.25) is 5.02 Å². The molecule has 166 valence electrons. The first-order valence-corrected chi connectivity index (χ1v) is 13.0. The number of hydrogen-bond donors (Lipinski definition) is 1. The number of aryl methyl sites for hydroxylation is 1. The van der Waals surface area contributed by atoms with Crippen LogP contribution in [0.5, 0.6) is 0 Å². The Morgan fingerprint density at radius 2 is 1.94 bits per heavy atom. The first-order chi connectivity index (χ1) is 15.4. The van der Waals surface area contributed by atoms with Crippen molar-refractivity contribution in [3.05, 3.63) is 91.3 Å². The van der Waals surface area contributed by atoms with Gasteiger partial charge in [0.25, 0.3) is 0 Å². The number of fused-ring (bicyclic) bond motifs is 1. The van der Waals surface area contributed by atoms with Crippen molar-refractivity contribution < 1.29 is 9.90 Å². The van der Waals surface area contributed by atoms with Gasteiger partial charge in [-0.05, 0) is 93.7 Å². The van der Waals surface area contributed by atoms with E-state index in [-0.39, 0.29) is 5.92 Å². The molecule has 0 bridgehead atoms. The minimum Gasteiger partial charge on any atom is -0.478 e. The number of carbonyl (C=O) groups is 1. The maximum absolute atomic E-state index is 11.4. The molecule has 0 saturated heterocycles. The summed E-state index contributed by atoms with van der Waals surface area (Å²) in [6, 6.07) is 12.7. The Kier molecular flexibility index (Phi) is 7.24. The highest BCUT2D eigenvalue weighted by Gasteiger charge is 2.31. The van der Waals surface area contributed by atoms with Crippen molar-refractivity contribution >= 4 is 54.9 Å². The Morgan fingerprint density at radius 3 is 2.56 bits per heavy atom. The van der Waals surface area contributed by atoms with Crippen molar-refractivity contribution in [1.29, 1.82) is 0 Å². The van der Waals surface area contributed by atoms with E-state index >= 15 is 0 Å². The number of allylic oxidation sites excluding steroid dienone is 3. The third kappa shape index (κ3) is 4.73. The number of halogens is 2. The molecule has 0 saturated carbocycles. The lowest BCUT2D eigenvalue weighted by Crippen LogP contribution is -2.19. The first kappa shape index (κ1) is 23.3. The van der Waals surface area contributed by atoms with Crippen LogP contribution in [0.3, 0.4) is 0 Å². The van der Waals surface area contributed by atoms with E-state index in [2.05, 4.69) is 65.5 Å². The van der Waals surface area contributed by atoms with Crippen molar-refractivity contribution in [2.75, 3.05) is 0 Å². The van der Waals surface area contributed by atoms with Crippen LogP contribution in [0.4, 0.5) is 0 Å². The quantitative estimate of drug-likeness (QED) is 0.332. The predicted molar refractivity (Wildman–Crippen MR) is 139 cm³/mol. The summed E-state index contributed by atoms with van der Waals surface area (Å²) in [4.78, 5) is 11.4. The largest absolute Gasteiger partial charge is 0.478 e. The van der Waals surface area contributed by atoms with E-state index < -0.39 is 5.97 Å². The van der Waals surface area contributed by atoms with Crippen molar-refractivity contribution in [1.82, 2.24) is 0 Å². The third-order valence-corrected chi connectivity index (χ3v) is 8.49. The maximum Gasteiger partial charge on any atom is 0.331 e. The smallest absolute Gasteiger partial charge is 0.331 e. The summed E-state index contributed by atoms with van der Waals surface area (Å²) in [7, 11) is 0. The van der Waals surface area contributed by atoms with E-state index in [9.17, 15) is 9.90 Å². The highest BCUT2D eigenvalue weighted by molar-refractivity contribution is 9.10. The van der Waals surface area contributed by atoms with Crippen molar-refractivity contribution in [3.63, 3.8) is 0 Å². The molecular formula is C27H26BrClO2S. The van der Waals surface area contributed by atoms with Crippen molar-refractivity contribution in [2.24, 2.45) is 5.92 Å². The standard InChI is InChI=1S/C27H26BrClO2S/c1-3-4-21(17-5-7-19(8-6-17)27(30)31)25(18-9-11-20(29)12-10-18)23-15-32-26-22(23)13-16(2)14-24(26)28/h5,7,9-15,21,25H,3-4,6,8H2,1-2H3,(H,30,31)/t21-,25?/m1/s1. The zero-order valence-electron chi connectivity index (χ0n) is 18.2. The highest BCUT2D eigenvalue weighted by Crippen LogP contribution is 2.47. The van der Waals surface area contributed by atoms with Gasteiger partial charge in [0.15, 0.2) is 0 Å². The predicted octanol–water partition coefficient (Wildman–Crippen LogP) is 8.91. The maximum atomic E-state index is 11.4. The molecule has 2 atom stereocenters. The number of carboxylic acids is 1. The lowest BCUT2D eigenvalue weighted by molar-refractivity contribution is -0.132. The minimum absolute atomic E-state index is 0.181. The summed E-state index contributed by atoms with van der Waals surface area (Å²) in [6.45, 7) is 4.36. The topological polar surface area (TPSA) is 37.3 Å². The molecule has 0 fully saturated rings. The van der Waals surface area contributed by atoms with Gasteiger partial charge in [0.1, 0.15) is 0 Å². The Morgan fingerprint density at radius 1 is 1.19 bits per heavy atom. The molecule has 0 spiro atoms. The molecular weight excluding hydrogens is 504 g/mol. The van der Waals surface area contributed by atoms with E-state index in [1.807, 2.05) is 12.1 Å². The summed E-state index contributed by atoms with van der Waals surface area (Å²) in [6.07, 6.45) is 7.34. The van der Waals surface area contributed by atoms with Gasteiger partial charge in [0.05, 0.1) is 0 Å². The fourth-order valence-corrected chi connectivity index (χ4v) is 6.78. The molecule has 1 aliphatic carbocycles. The third-order valence-electron chi connectivity index (χ3n) is 6.30. The fraction of sp³-hybridized carbons (Fsp3) is 0.296. The average Bonchev–Trinajstić information content (AvgIpc) is 3.18. The van der Waals surface area contributed by atoms with Gasteiger partial charge in [0.2, 0.25) is 0 Å². The molecule has 1 N–H and O–H groups in total. The summed E-state index contributed by atoms with van der Waals surface area (Å²) in [5.74, 6) is -0.337. The zero-order valence-corrected chi connectivity index (χ0v) is 21.4. The van der Waals surface area contributed by atoms with Crippen LogP contribution in [0.15, 0.2) is 69.5 Å². The number of hydrogen-bond acceptors (Lipinski definition) is 2. The van der Waals surface area contributed by atoms with Crippen LogP contribution in [0.1, 0.15) is 55.2 Å². The molecule has 4 rings (SSSR count). The summed E-state index contributed by atoms with van der Waals surface area (Å²) < 4.78 is 2.40. The molecule has 32 heavy (non-hydrogen) atoms. The average molecular weight is 530 g/mol. The van der Waals surface area contributed by atoms with E-state index in [1.54, 1.807) is 17.4 Å². The molecule has 1 heterocycles. The summed E-state index contributed by atoms with van der Waals surface area (Å²) in [5, 5.41) is 13.7. The van der Waals surface area contributed by atoms with Gasteiger partial charge in [0, 0.05) is 25.7 Å². The first-order valence-electron chi connectivity index (χ1n) is 10.9. The molecule has 0 radical (unpaired) electrons. The lowest BCUT2D eigenvalue weighted by Gasteiger charge is -2.31. The van der Waals surface area contributed by atoms with Gasteiger partial charge in [-0.3, -0.25) is 0 Å². The van der Waals surface area contributed by atoms with E-state index in [0.29, 0.717) is 17.9 Å². The number of rotatable bonds is 7. The van der Waals surface area contributed by atoms with Gasteiger partial charge in [-0.1, -0.05) is 60.9 Å². The number of thiophene rings is 1. The molecule has 0 amide bonds. The van der Waals surface area contributed by atoms with Crippen LogP contribution >= 0.6 is 38.9 Å². The SMILES string of the molecule is CCC[C@H](C1=CC=C(C(=O)O)CC1)C(c1ccc(Cl)cc1)c1csc2c(Br)cc(C)cc12. The van der Waals surface area contributed by atoms with E-state index in [4.69, 9.17) is 11.6 Å². The van der Waals surface area contributed by atoms with Gasteiger partial charge < -0.3 is 5.11 Å². The normalized spacial score (nSPS) is 15.9. The van der Waals surface area contributed by atoms with Crippen molar-refractivity contribution in [2.45, 2.75) is 45.4 Å². The minimum atomic E-state index is -0.814. The second kappa shape index (κ2) is 9.94. The van der Waals surface area contributed by atoms with Gasteiger partial charge >= 0.3 is 5.97 Å². The number of carboxylic acid groups (broad SMARTS) is 1. The van der Waals surface area contributed by atoms with E-state index in [1.165, 1.54) is 32.3 Å². The molecule has 1 aliphatic rings. The second-order valence-corrected chi connectivity index (χ2v) is 10.6. The number of aliphatic carboxylic acids is 1. The van der Waals surface area contributed by atoms with Crippen LogP contribution in [0, 0.1) is 12.8 Å². The Bertz CT molecular complexity index is 1210. The van der Waals surface area contributed by atoms with Gasteiger partial charge in [-0.25, -0.2) is 4.79 Å². The summed E-state index contributed by atoms with van der Waals surface area (Å²) >= 11 is 11.8. The zero-order chi connectivity index (χ0) is 22.8. The molecule has 1 unspecified atom stereocenters. The Hall–Kier alpha value is -1.88. The van der Waals surface area contributed by atoms with Crippen LogP contribution in [-0.2, 0) is 4.79 Å². The lowest BCUT2D eigenvalue weighted by atomic mass is 9.72. The fourth-order valence-electron chi connectivity index (χ4n) is 4.81. The molecule has 0 aliphatic heterocycles. The monoisotopic (exact) mass is 528 g/mol. The molecule has 2 aromatic carbocycles. The van der Waals surface area contributed by atoms with Crippen molar-refractivity contribution in [3.8, 4) is 0 Å². The van der Waals surface area contributed by atoms with Gasteiger partial charge in [-0.15, -0.1) is 11.3 Å². The van der Waals surface area contributed by atoms with Crippen LogP contribution in [0.25, 0.3) is 10.1 Å². The molecule has 5 heteroatoms. The highest BCUT2D eigenvalue weighted by atomic mass is 79.9.